The Morgan fingerprint density at radius 1 is 0.931 bits per heavy atom. The number of ether oxygens (including phenoxy) is 1. The van der Waals surface area contributed by atoms with Gasteiger partial charge in [0.15, 0.2) is 0 Å². The molecule has 29 heavy (non-hydrogen) atoms. The molecule has 4 nitrogen and oxygen atoms in total. The Morgan fingerprint density at radius 2 is 1.66 bits per heavy atom. The molecule has 0 amide bonds. The summed E-state index contributed by atoms with van der Waals surface area (Å²) in [6, 6.07) is 15.5. The largest absolute Gasteiger partial charge is 0.478 e. The highest BCUT2D eigenvalue weighted by atomic mass is 16.5. The second kappa shape index (κ2) is 6.82. The van der Waals surface area contributed by atoms with Crippen LogP contribution in [-0.2, 0) is 0 Å². The minimum Gasteiger partial charge on any atom is -0.478 e. The number of hydrogen-bond acceptors (Lipinski definition) is 3. The van der Waals surface area contributed by atoms with Crippen LogP contribution in [0.25, 0.3) is 12.2 Å². The van der Waals surface area contributed by atoms with Crippen molar-refractivity contribution in [3.63, 3.8) is 0 Å². The van der Waals surface area contributed by atoms with E-state index in [0.717, 1.165) is 38.4 Å². The van der Waals surface area contributed by atoms with E-state index < -0.39 is 5.97 Å². The molecular weight excluding hydrogens is 362 g/mol. The molecule has 0 unspecified atom stereocenters. The van der Waals surface area contributed by atoms with Crippen molar-refractivity contribution in [2.45, 2.75) is 13.8 Å². The molecule has 146 valence electrons. The molecule has 0 saturated carbocycles. The number of hydrogen-bond donors (Lipinski definition) is 1. The Hall–Kier alpha value is -3.53. The Bertz CT molecular complexity index is 1270. The molecule has 0 aliphatic carbocycles. The zero-order valence-corrected chi connectivity index (χ0v) is 17.0. The molecule has 0 aromatic heterocycles. The molecule has 0 bridgehead atoms. The van der Waals surface area contributed by atoms with Gasteiger partial charge in [-0.25, -0.2) is 4.79 Å². The van der Waals surface area contributed by atoms with Crippen LogP contribution in [0.1, 0.15) is 32.6 Å². The van der Waals surface area contributed by atoms with Crippen LogP contribution >= 0.6 is 0 Å². The van der Waals surface area contributed by atoms with Crippen molar-refractivity contribution in [3.8, 4) is 11.5 Å². The second-order valence-corrected chi connectivity index (χ2v) is 7.67. The lowest BCUT2D eigenvalue weighted by molar-refractivity contribution is 0.0696. The molecule has 4 rings (SSSR count). The van der Waals surface area contributed by atoms with E-state index in [1.165, 1.54) is 0 Å². The smallest absolute Gasteiger partial charge is 0.336 e. The van der Waals surface area contributed by atoms with Crippen LogP contribution in [-0.4, -0.2) is 25.2 Å². The van der Waals surface area contributed by atoms with E-state index in [9.17, 15) is 9.90 Å². The van der Waals surface area contributed by atoms with Gasteiger partial charge >= 0.3 is 5.97 Å². The predicted octanol–water partition coefficient (Wildman–Crippen LogP) is 3.83. The lowest BCUT2D eigenvalue weighted by atomic mass is 9.87. The molecule has 3 aromatic rings. The van der Waals surface area contributed by atoms with Gasteiger partial charge in [0.05, 0.1) is 5.56 Å². The van der Waals surface area contributed by atoms with Gasteiger partial charge in [-0.3, -0.25) is 0 Å². The summed E-state index contributed by atoms with van der Waals surface area (Å²) in [7, 11) is 3.95. The van der Waals surface area contributed by atoms with Crippen LogP contribution in [0.5, 0.6) is 11.5 Å². The van der Waals surface area contributed by atoms with Crippen molar-refractivity contribution in [1.29, 1.82) is 0 Å². The summed E-state index contributed by atoms with van der Waals surface area (Å²) in [6.45, 7) is 7.94. The number of rotatable bonds is 3. The normalized spacial score (nSPS) is 12.1. The number of aromatic carboxylic acids is 1. The highest BCUT2D eigenvalue weighted by Gasteiger charge is 2.24. The highest BCUT2D eigenvalue weighted by Crippen LogP contribution is 2.39. The fourth-order valence-electron chi connectivity index (χ4n) is 3.69. The average Bonchev–Trinajstić information content (AvgIpc) is 2.67. The molecule has 0 spiro atoms. The third kappa shape index (κ3) is 3.17. The Kier molecular flexibility index (Phi) is 4.42. The van der Waals surface area contributed by atoms with Crippen molar-refractivity contribution in [1.82, 2.24) is 0 Å². The Morgan fingerprint density at radius 3 is 2.34 bits per heavy atom. The van der Waals surface area contributed by atoms with E-state index in [0.29, 0.717) is 17.1 Å². The maximum atomic E-state index is 12.1. The molecule has 1 aliphatic heterocycles. The first-order chi connectivity index (χ1) is 13.8. The van der Waals surface area contributed by atoms with E-state index in [1.807, 2.05) is 75.3 Å². The molecule has 1 heterocycles. The van der Waals surface area contributed by atoms with Gasteiger partial charge in [-0.05, 0) is 60.0 Å². The van der Waals surface area contributed by atoms with Gasteiger partial charge in [-0.15, -0.1) is 0 Å². The van der Waals surface area contributed by atoms with Gasteiger partial charge in [-0.2, -0.15) is 0 Å². The van der Waals surface area contributed by atoms with Crippen LogP contribution in [0.3, 0.4) is 0 Å². The van der Waals surface area contributed by atoms with Crippen molar-refractivity contribution in [2.24, 2.45) is 0 Å². The number of fused-ring (bicyclic) bond motifs is 2. The first-order valence-electron chi connectivity index (χ1n) is 9.44. The molecular formula is C25H23NO3. The first-order valence-corrected chi connectivity index (χ1v) is 9.44. The minimum absolute atomic E-state index is 0.289. The lowest BCUT2D eigenvalue weighted by Crippen LogP contribution is -2.21. The topological polar surface area (TPSA) is 49.8 Å². The SMILES string of the molecule is C=c1ccc2c(c1)Oc1cc(N(C)C)ccc1C=2c1cc(C)c(C)cc1C(=O)O. The van der Waals surface area contributed by atoms with Crippen molar-refractivity contribution in [2.75, 3.05) is 19.0 Å². The van der Waals surface area contributed by atoms with Crippen molar-refractivity contribution >= 4 is 23.8 Å². The fourth-order valence-corrected chi connectivity index (χ4v) is 3.69. The fraction of sp³-hybridized carbons (Fsp3) is 0.160. The number of carboxylic acid groups (broad SMARTS) is 1. The number of nitrogens with zero attached hydrogens (tertiary/aromatic N) is 1. The quantitative estimate of drug-likeness (QED) is 0.582. The van der Waals surface area contributed by atoms with Crippen LogP contribution in [0.4, 0.5) is 5.69 Å². The molecule has 0 fully saturated rings. The van der Waals surface area contributed by atoms with Crippen molar-refractivity contribution < 1.29 is 14.6 Å². The number of carboxylic acids is 1. The molecule has 1 N–H and O–H groups in total. The third-order valence-electron chi connectivity index (χ3n) is 5.42. The zero-order valence-electron chi connectivity index (χ0n) is 17.0. The lowest BCUT2D eigenvalue weighted by Gasteiger charge is -2.24. The van der Waals surface area contributed by atoms with Crippen LogP contribution in [0, 0.1) is 13.8 Å². The Labute approximate surface area is 170 Å². The molecule has 0 atom stereocenters. The minimum atomic E-state index is -0.941. The summed E-state index contributed by atoms with van der Waals surface area (Å²) in [5.41, 5.74) is 5.74. The number of aryl methyl sites for hydroxylation is 2. The maximum Gasteiger partial charge on any atom is 0.336 e. The average molecular weight is 385 g/mol. The Balaban J connectivity index is 2.14. The van der Waals surface area contributed by atoms with Gasteiger partial charge in [0, 0.05) is 42.2 Å². The van der Waals surface area contributed by atoms with Gasteiger partial charge < -0.3 is 14.7 Å². The number of anilines is 1. The standard InChI is InChI=1S/C25H23NO3/c1-14-6-8-18-22(10-14)29-23-13-17(26(4)5)7-9-19(23)24(18)20-11-15(2)16(3)12-21(20)25(27)28/h6-13H,1H2,2-5H3,(H,27,28). The van der Waals surface area contributed by atoms with E-state index in [4.69, 9.17) is 4.74 Å². The van der Waals surface area contributed by atoms with Gasteiger partial charge in [0.2, 0.25) is 0 Å². The second-order valence-electron chi connectivity index (χ2n) is 7.67. The van der Waals surface area contributed by atoms with E-state index in [2.05, 4.69) is 6.58 Å². The van der Waals surface area contributed by atoms with Gasteiger partial charge in [0.25, 0.3) is 0 Å². The van der Waals surface area contributed by atoms with Crippen LogP contribution in [0.2, 0.25) is 0 Å². The van der Waals surface area contributed by atoms with E-state index >= 15 is 0 Å². The predicted molar refractivity (Wildman–Crippen MR) is 117 cm³/mol. The molecule has 3 aromatic carbocycles. The van der Waals surface area contributed by atoms with Crippen LogP contribution < -0.4 is 20.1 Å². The number of benzene rings is 3. The maximum absolute atomic E-state index is 12.1. The summed E-state index contributed by atoms with van der Waals surface area (Å²) in [6.07, 6.45) is 0. The highest BCUT2D eigenvalue weighted by molar-refractivity contribution is 5.98. The third-order valence-corrected chi connectivity index (χ3v) is 5.42. The molecule has 0 saturated heterocycles. The summed E-state index contributed by atoms with van der Waals surface area (Å²) in [5.74, 6) is 0.452. The van der Waals surface area contributed by atoms with Gasteiger partial charge in [-0.1, -0.05) is 24.8 Å². The summed E-state index contributed by atoms with van der Waals surface area (Å²) >= 11 is 0. The zero-order chi connectivity index (χ0) is 20.9. The van der Waals surface area contributed by atoms with E-state index in [1.54, 1.807) is 6.07 Å². The van der Waals surface area contributed by atoms with E-state index in [-0.39, 0.29) is 5.56 Å². The number of carbonyl (C=O) groups is 1. The molecule has 1 aliphatic rings. The van der Waals surface area contributed by atoms with Gasteiger partial charge in [0.1, 0.15) is 11.5 Å². The molecule has 0 radical (unpaired) electrons. The summed E-state index contributed by atoms with van der Waals surface area (Å²) in [5, 5.41) is 11.6. The van der Waals surface area contributed by atoms with Crippen LogP contribution in [0.15, 0.2) is 48.5 Å². The first kappa shape index (κ1) is 18.8. The summed E-state index contributed by atoms with van der Waals surface area (Å²) < 4.78 is 6.22. The monoisotopic (exact) mass is 385 g/mol. The van der Waals surface area contributed by atoms with Crippen molar-refractivity contribution in [3.05, 3.63) is 86.8 Å². The summed E-state index contributed by atoms with van der Waals surface area (Å²) in [4.78, 5) is 14.1. The molecule has 4 heteroatoms.